The van der Waals surface area contributed by atoms with Gasteiger partial charge in [0.15, 0.2) is 5.82 Å². The summed E-state index contributed by atoms with van der Waals surface area (Å²) >= 11 is 0. The van der Waals surface area contributed by atoms with Crippen molar-refractivity contribution in [3.8, 4) is 5.69 Å². The maximum atomic E-state index is 13.9. The Kier molecular flexibility index (Phi) is 4.81. The predicted octanol–water partition coefficient (Wildman–Crippen LogP) is 1.42. The van der Waals surface area contributed by atoms with E-state index in [4.69, 9.17) is 5.73 Å². The molecule has 0 spiro atoms. The maximum absolute atomic E-state index is 13.9. The van der Waals surface area contributed by atoms with Gasteiger partial charge in [0.1, 0.15) is 11.5 Å². The number of nitrogens with zero attached hydrogens (tertiary/aromatic N) is 4. The van der Waals surface area contributed by atoms with E-state index < -0.39 is 11.9 Å². The maximum Gasteiger partial charge on any atom is 0.241 e. The smallest absolute Gasteiger partial charge is 0.241 e. The molecule has 1 amide bonds. The number of nitrogens with two attached hydrogens (primary N) is 1. The summed E-state index contributed by atoms with van der Waals surface area (Å²) in [7, 11) is 0. The van der Waals surface area contributed by atoms with Crippen molar-refractivity contribution in [3.05, 3.63) is 29.8 Å². The van der Waals surface area contributed by atoms with Crippen LogP contribution in [-0.4, -0.2) is 32.2 Å². The Morgan fingerprint density at radius 3 is 2.77 bits per heavy atom. The number of carbonyl (C=O) groups is 1. The molecule has 1 atom stereocenters. The zero-order valence-electron chi connectivity index (χ0n) is 12.7. The van der Waals surface area contributed by atoms with Crippen molar-refractivity contribution in [2.75, 3.05) is 5.32 Å². The molecule has 0 saturated heterocycles. The van der Waals surface area contributed by atoms with Gasteiger partial charge < -0.3 is 11.1 Å². The van der Waals surface area contributed by atoms with Crippen LogP contribution < -0.4 is 11.1 Å². The van der Waals surface area contributed by atoms with E-state index in [2.05, 4.69) is 20.8 Å². The molecule has 0 aliphatic rings. The lowest BCUT2D eigenvalue weighted by Gasteiger charge is -2.15. The number of tetrazole rings is 1. The molecule has 0 bridgehead atoms. The number of halogens is 1. The van der Waals surface area contributed by atoms with Gasteiger partial charge in [0, 0.05) is 5.69 Å². The summed E-state index contributed by atoms with van der Waals surface area (Å²) in [5.41, 5.74) is 6.43. The van der Waals surface area contributed by atoms with Gasteiger partial charge in [-0.2, -0.15) is 4.68 Å². The average Bonchev–Trinajstić information content (AvgIpc) is 2.86. The Labute approximate surface area is 127 Å². The van der Waals surface area contributed by atoms with Gasteiger partial charge in [0.25, 0.3) is 0 Å². The molecule has 1 heterocycles. The molecule has 1 aromatic heterocycles. The number of benzene rings is 1. The number of hydrogen-bond donors (Lipinski definition) is 2. The van der Waals surface area contributed by atoms with Crippen LogP contribution >= 0.6 is 0 Å². The number of aryl methyl sites for hydroxylation is 1. The van der Waals surface area contributed by atoms with Crippen molar-refractivity contribution in [1.29, 1.82) is 0 Å². The minimum Gasteiger partial charge on any atom is -0.325 e. The third kappa shape index (κ3) is 3.64. The molecule has 2 aromatic rings. The lowest BCUT2D eigenvalue weighted by molar-refractivity contribution is -0.117. The third-order valence-electron chi connectivity index (χ3n) is 3.13. The third-order valence-corrected chi connectivity index (χ3v) is 3.13. The highest BCUT2D eigenvalue weighted by atomic mass is 19.1. The van der Waals surface area contributed by atoms with E-state index in [1.54, 1.807) is 6.92 Å². The summed E-state index contributed by atoms with van der Waals surface area (Å²) in [5, 5.41) is 13.6. The molecule has 0 aliphatic heterocycles. The fourth-order valence-electron chi connectivity index (χ4n) is 2.06. The lowest BCUT2D eigenvalue weighted by atomic mass is 10.0. The Balaban J connectivity index is 2.20. The summed E-state index contributed by atoms with van der Waals surface area (Å²) in [6.45, 7) is 5.64. The van der Waals surface area contributed by atoms with Crippen LogP contribution in [0.2, 0.25) is 0 Å². The molecule has 7 nitrogen and oxygen atoms in total. The van der Waals surface area contributed by atoms with Crippen molar-refractivity contribution in [2.24, 2.45) is 11.7 Å². The van der Waals surface area contributed by atoms with E-state index in [0.717, 1.165) is 0 Å². The van der Waals surface area contributed by atoms with Gasteiger partial charge >= 0.3 is 0 Å². The Morgan fingerprint density at radius 2 is 2.18 bits per heavy atom. The van der Waals surface area contributed by atoms with Crippen LogP contribution in [0.5, 0.6) is 0 Å². The van der Waals surface area contributed by atoms with Gasteiger partial charge in [-0.1, -0.05) is 13.8 Å². The van der Waals surface area contributed by atoms with E-state index >= 15 is 0 Å². The molecule has 0 saturated carbocycles. The Bertz CT molecular complexity index is 669. The van der Waals surface area contributed by atoms with Crippen LogP contribution in [0.25, 0.3) is 5.69 Å². The molecule has 118 valence electrons. The van der Waals surface area contributed by atoms with Gasteiger partial charge in [-0.3, -0.25) is 4.79 Å². The fourth-order valence-corrected chi connectivity index (χ4v) is 2.06. The van der Waals surface area contributed by atoms with Gasteiger partial charge in [-0.05, 0) is 47.9 Å². The van der Waals surface area contributed by atoms with E-state index in [9.17, 15) is 9.18 Å². The van der Waals surface area contributed by atoms with Gasteiger partial charge in [-0.15, -0.1) is 5.10 Å². The minimum absolute atomic E-state index is 0.165. The van der Waals surface area contributed by atoms with E-state index in [0.29, 0.717) is 23.9 Å². The first-order valence-electron chi connectivity index (χ1n) is 7.00. The number of hydrogen-bond acceptors (Lipinski definition) is 5. The molecular weight excluding hydrogens is 287 g/mol. The Hall–Kier alpha value is -2.35. The van der Waals surface area contributed by atoms with Crippen molar-refractivity contribution in [3.63, 3.8) is 0 Å². The van der Waals surface area contributed by atoms with Gasteiger partial charge in [-0.25, -0.2) is 4.39 Å². The SMILES string of the molecule is Cc1nnnn1-c1cc(NC(=O)[C@@H](N)CC(C)C)ccc1F. The standard InChI is InChI=1S/C14H19FN6O/c1-8(2)6-12(16)14(22)17-10-4-5-11(15)13(7-10)21-9(3)18-19-20-21/h4-5,7-8,12H,6,16H2,1-3H3,(H,17,22)/t12-/m0/s1. The molecule has 8 heteroatoms. The molecule has 0 radical (unpaired) electrons. The molecule has 22 heavy (non-hydrogen) atoms. The van der Waals surface area contributed by atoms with Crippen molar-refractivity contribution < 1.29 is 9.18 Å². The number of amides is 1. The zero-order valence-corrected chi connectivity index (χ0v) is 12.7. The first-order valence-corrected chi connectivity index (χ1v) is 7.00. The molecular formula is C14H19FN6O. The number of aromatic nitrogens is 4. The normalized spacial score (nSPS) is 12.5. The second-order valence-corrected chi connectivity index (χ2v) is 5.53. The number of anilines is 1. The first kappa shape index (κ1) is 16.0. The molecule has 1 aromatic carbocycles. The highest BCUT2D eigenvalue weighted by Gasteiger charge is 2.16. The van der Waals surface area contributed by atoms with Crippen LogP contribution in [0.15, 0.2) is 18.2 Å². The zero-order chi connectivity index (χ0) is 16.3. The predicted molar refractivity (Wildman–Crippen MR) is 79.9 cm³/mol. The number of nitrogens with one attached hydrogen (secondary N) is 1. The van der Waals surface area contributed by atoms with Crippen LogP contribution in [0.1, 0.15) is 26.1 Å². The van der Waals surface area contributed by atoms with Crippen LogP contribution in [0, 0.1) is 18.7 Å². The minimum atomic E-state index is -0.608. The quantitative estimate of drug-likeness (QED) is 0.870. The molecule has 0 fully saturated rings. The summed E-state index contributed by atoms with van der Waals surface area (Å²) < 4.78 is 15.2. The van der Waals surface area contributed by atoms with Crippen molar-refractivity contribution in [2.45, 2.75) is 33.2 Å². The molecule has 0 aliphatic carbocycles. The monoisotopic (exact) mass is 306 g/mol. The van der Waals surface area contributed by atoms with E-state index in [-0.39, 0.29) is 11.6 Å². The summed E-state index contributed by atoms with van der Waals surface area (Å²) in [6, 6.07) is 3.58. The highest BCUT2D eigenvalue weighted by Crippen LogP contribution is 2.19. The topological polar surface area (TPSA) is 98.7 Å². The highest BCUT2D eigenvalue weighted by molar-refractivity contribution is 5.94. The fraction of sp³-hybridized carbons (Fsp3) is 0.429. The summed E-state index contributed by atoms with van der Waals surface area (Å²) in [4.78, 5) is 12.0. The summed E-state index contributed by atoms with van der Waals surface area (Å²) in [5.74, 6) is -0.0353. The molecule has 2 rings (SSSR count). The van der Waals surface area contributed by atoms with Crippen molar-refractivity contribution >= 4 is 11.6 Å². The second-order valence-electron chi connectivity index (χ2n) is 5.53. The van der Waals surface area contributed by atoms with E-state index in [1.165, 1.54) is 22.9 Å². The largest absolute Gasteiger partial charge is 0.325 e. The number of rotatable bonds is 5. The van der Waals surface area contributed by atoms with Crippen LogP contribution in [0.3, 0.4) is 0 Å². The van der Waals surface area contributed by atoms with Crippen molar-refractivity contribution in [1.82, 2.24) is 20.2 Å². The average molecular weight is 306 g/mol. The van der Waals surface area contributed by atoms with Crippen LogP contribution in [-0.2, 0) is 4.79 Å². The number of carbonyl (C=O) groups excluding carboxylic acids is 1. The lowest BCUT2D eigenvalue weighted by Crippen LogP contribution is -2.36. The Morgan fingerprint density at radius 1 is 1.45 bits per heavy atom. The van der Waals surface area contributed by atoms with Crippen LogP contribution in [0.4, 0.5) is 10.1 Å². The summed E-state index contributed by atoms with van der Waals surface area (Å²) in [6.07, 6.45) is 0.575. The first-order chi connectivity index (χ1) is 10.4. The van der Waals surface area contributed by atoms with Gasteiger partial charge in [0.2, 0.25) is 5.91 Å². The second kappa shape index (κ2) is 6.61. The van der Waals surface area contributed by atoms with Gasteiger partial charge in [0.05, 0.1) is 6.04 Å². The van der Waals surface area contributed by atoms with E-state index in [1.807, 2.05) is 13.8 Å². The molecule has 0 unspecified atom stereocenters. The molecule has 3 N–H and O–H groups in total.